The van der Waals surface area contributed by atoms with Crippen molar-refractivity contribution in [1.29, 1.82) is 0 Å². The first-order chi connectivity index (χ1) is 14.1. The summed E-state index contributed by atoms with van der Waals surface area (Å²) in [6.45, 7) is 0.939. The number of hydrogen-bond acceptors (Lipinski definition) is 4. The number of nitrogens with two attached hydrogens (primary N) is 1. The molecule has 144 valence electrons. The number of carbonyl (C=O) groups is 1. The van der Waals surface area contributed by atoms with E-state index in [0.29, 0.717) is 18.7 Å². The molecular formula is C23H19BrN4O. The standard InChI is InChI=1S/C23H19BrN4O/c24-18-5-6-21-19(11-18)20(12-22(28-21)17-7-9-26-10-8-17)23(29)27-14-16-3-1-15(13-25)2-4-16/h1-12H,13-14,25H2,(H,27,29). The number of carbonyl (C=O) groups excluding carboxylic acids is 1. The largest absolute Gasteiger partial charge is 0.348 e. The van der Waals surface area contributed by atoms with E-state index >= 15 is 0 Å². The van der Waals surface area contributed by atoms with Crippen LogP contribution in [0, 0.1) is 0 Å². The number of aromatic nitrogens is 2. The first-order valence-corrected chi connectivity index (χ1v) is 10.00. The highest BCUT2D eigenvalue weighted by Gasteiger charge is 2.14. The van der Waals surface area contributed by atoms with Crippen molar-refractivity contribution in [2.24, 2.45) is 5.73 Å². The number of nitrogens with zero attached hydrogens (tertiary/aromatic N) is 2. The van der Waals surface area contributed by atoms with Crippen LogP contribution in [0.3, 0.4) is 0 Å². The van der Waals surface area contributed by atoms with Crippen molar-refractivity contribution in [2.75, 3.05) is 0 Å². The predicted octanol–water partition coefficient (Wildman–Crippen LogP) is 4.45. The fourth-order valence-corrected chi connectivity index (χ4v) is 3.49. The van der Waals surface area contributed by atoms with Crippen molar-refractivity contribution < 1.29 is 4.79 Å². The summed E-state index contributed by atoms with van der Waals surface area (Å²) in [5.41, 5.74) is 10.7. The Hall–Kier alpha value is -3.09. The number of halogens is 1. The van der Waals surface area contributed by atoms with Gasteiger partial charge in [0.2, 0.25) is 0 Å². The zero-order valence-electron chi connectivity index (χ0n) is 15.6. The van der Waals surface area contributed by atoms with Gasteiger partial charge in [0.15, 0.2) is 0 Å². The van der Waals surface area contributed by atoms with Crippen LogP contribution >= 0.6 is 15.9 Å². The summed E-state index contributed by atoms with van der Waals surface area (Å²) in [5.74, 6) is -0.145. The lowest BCUT2D eigenvalue weighted by molar-refractivity contribution is 0.0952. The van der Waals surface area contributed by atoms with Gasteiger partial charge in [-0.2, -0.15) is 0 Å². The molecule has 0 spiro atoms. The molecule has 5 nitrogen and oxygen atoms in total. The molecular weight excluding hydrogens is 428 g/mol. The van der Waals surface area contributed by atoms with E-state index in [0.717, 1.165) is 37.8 Å². The number of amides is 1. The van der Waals surface area contributed by atoms with Crippen molar-refractivity contribution >= 4 is 32.7 Å². The number of hydrogen-bond donors (Lipinski definition) is 2. The van der Waals surface area contributed by atoms with E-state index < -0.39 is 0 Å². The molecule has 0 fully saturated rings. The highest BCUT2D eigenvalue weighted by Crippen LogP contribution is 2.27. The molecule has 0 aliphatic rings. The van der Waals surface area contributed by atoms with Crippen LogP contribution in [0.1, 0.15) is 21.5 Å². The number of nitrogens with one attached hydrogen (secondary N) is 1. The zero-order chi connectivity index (χ0) is 20.2. The quantitative estimate of drug-likeness (QED) is 0.474. The second-order valence-corrected chi connectivity index (χ2v) is 7.57. The van der Waals surface area contributed by atoms with Gasteiger partial charge in [0.05, 0.1) is 16.8 Å². The molecule has 29 heavy (non-hydrogen) atoms. The van der Waals surface area contributed by atoms with Gasteiger partial charge >= 0.3 is 0 Å². The van der Waals surface area contributed by atoms with Crippen LogP contribution in [-0.2, 0) is 13.1 Å². The zero-order valence-corrected chi connectivity index (χ0v) is 17.2. The SMILES string of the molecule is NCc1ccc(CNC(=O)c2cc(-c3ccncc3)nc3ccc(Br)cc23)cc1. The molecule has 1 amide bonds. The van der Waals surface area contributed by atoms with E-state index in [9.17, 15) is 4.79 Å². The molecule has 2 aromatic heterocycles. The Balaban J connectivity index is 1.68. The summed E-state index contributed by atoms with van der Waals surface area (Å²) < 4.78 is 0.898. The minimum absolute atomic E-state index is 0.145. The van der Waals surface area contributed by atoms with E-state index in [-0.39, 0.29) is 5.91 Å². The number of fused-ring (bicyclic) bond motifs is 1. The Morgan fingerprint density at radius 2 is 1.69 bits per heavy atom. The fraction of sp³-hybridized carbons (Fsp3) is 0.0870. The van der Waals surface area contributed by atoms with E-state index in [2.05, 4.69) is 26.2 Å². The maximum Gasteiger partial charge on any atom is 0.252 e. The third-order valence-electron chi connectivity index (χ3n) is 4.70. The summed E-state index contributed by atoms with van der Waals surface area (Å²) in [6.07, 6.45) is 3.43. The van der Waals surface area contributed by atoms with Crippen molar-refractivity contribution in [1.82, 2.24) is 15.3 Å². The molecule has 0 saturated heterocycles. The normalized spacial score (nSPS) is 10.8. The monoisotopic (exact) mass is 446 g/mol. The summed E-state index contributed by atoms with van der Waals surface area (Å²) in [7, 11) is 0. The molecule has 0 saturated carbocycles. The fourth-order valence-electron chi connectivity index (χ4n) is 3.13. The number of rotatable bonds is 5. The van der Waals surface area contributed by atoms with Gasteiger partial charge in [0, 0.05) is 40.9 Å². The van der Waals surface area contributed by atoms with Crippen LogP contribution in [0.4, 0.5) is 0 Å². The second kappa shape index (κ2) is 8.51. The molecule has 0 aliphatic heterocycles. The molecule has 2 aromatic carbocycles. The molecule has 0 atom stereocenters. The van der Waals surface area contributed by atoms with Crippen molar-refractivity contribution in [2.45, 2.75) is 13.1 Å². The van der Waals surface area contributed by atoms with Crippen LogP contribution in [0.5, 0.6) is 0 Å². The van der Waals surface area contributed by atoms with Crippen LogP contribution in [0.25, 0.3) is 22.2 Å². The molecule has 3 N–H and O–H groups in total. The minimum Gasteiger partial charge on any atom is -0.348 e. The molecule has 0 bridgehead atoms. The number of benzene rings is 2. The molecule has 0 aliphatic carbocycles. The third-order valence-corrected chi connectivity index (χ3v) is 5.20. The highest BCUT2D eigenvalue weighted by atomic mass is 79.9. The maximum absolute atomic E-state index is 13.1. The third kappa shape index (κ3) is 4.34. The van der Waals surface area contributed by atoms with Gasteiger partial charge in [-0.05, 0) is 47.5 Å². The lowest BCUT2D eigenvalue weighted by Gasteiger charge is -2.11. The van der Waals surface area contributed by atoms with Crippen molar-refractivity contribution in [3.63, 3.8) is 0 Å². The van der Waals surface area contributed by atoms with Gasteiger partial charge in [0.25, 0.3) is 5.91 Å². The first-order valence-electron chi connectivity index (χ1n) is 9.21. The second-order valence-electron chi connectivity index (χ2n) is 6.66. The van der Waals surface area contributed by atoms with Gasteiger partial charge in [-0.15, -0.1) is 0 Å². The Labute approximate surface area is 177 Å². The van der Waals surface area contributed by atoms with Crippen LogP contribution < -0.4 is 11.1 Å². The molecule has 6 heteroatoms. The Morgan fingerprint density at radius 3 is 2.41 bits per heavy atom. The maximum atomic E-state index is 13.1. The summed E-state index contributed by atoms with van der Waals surface area (Å²) in [5, 5.41) is 3.82. The van der Waals surface area contributed by atoms with E-state index in [1.165, 1.54) is 0 Å². The van der Waals surface area contributed by atoms with E-state index in [4.69, 9.17) is 10.7 Å². The summed E-state index contributed by atoms with van der Waals surface area (Å²) in [6, 6.07) is 19.3. The van der Waals surface area contributed by atoms with Gasteiger partial charge in [-0.25, -0.2) is 4.98 Å². The average Bonchev–Trinajstić information content (AvgIpc) is 2.77. The molecule has 0 radical (unpaired) electrons. The Bertz CT molecular complexity index is 1160. The lowest BCUT2D eigenvalue weighted by Crippen LogP contribution is -2.23. The topological polar surface area (TPSA) is 80.9 Å². The summed E-state index contributed by atoms with van der Waals surface area (Å²) in [4.78, 5) is 21.8. The van der Waals surface area contributed by atoms with Crippen molar-refractivity contribution in [3.8, 4) is 11.3 Å². The molecule has 0 unspecified atom stereocenters. The summed E-state index contributed by atoms with van der Waals surface area (Å²) >= 11 is 3.49. The minimum atomic E-state index is -0.145. The van der Waals surface area contributed by atoms with Gasteiger partial charge in [-0.1, -0.05) is 40.2 Å². The van der Waals surface area contributed by atoms with Gasteiger partial charge in [-0.3, -0.25) is 9.78 Å². The van der Waals surface area contributed by atoms with E-state index in [1.807, 2.05) is 60.7 Å². The molecule has 2 heterocycles. The van der Waals surface area contributed by atoms with Gasteiger partial charge in [0.1, 0.15) is 0 Å². The smallest absolute Gasteiger partial charge is 0.252 e. The molecule has 4 aromatic rings. The van der Waals surface area contributed by atoms with Crippen molar-refractivity contribution in [3.05, 3.63) is 94.2 Å². The Morgan fingerprint density at radius 1 is 0.966 bits per heavy atom. The lowest BCUT2D eigenvalue weighted by atomic mass is 10.0. The molecule has 4 rings (SSSR count). The number of pyridine rings is 2. The Kier molecular flexibility index (Phi) is 5.64. The van der Waals surface area contributed by atoms with Crippen LogP contribution in [-0.4, -0.2) is 15.9 Å². The van der Waals surface area contributed by atoms with Crippen LogP contribution in [0.15, 0.2) is 77.5 Å². The van der Waals surface area contributed by atoms with Gasteiger partial charge < -0.3 is 11.1 Å². The first kappa shape index (κ1) is 19.2. The highest BCUT2D eigenvalue weighted by molar-refractivity contribution is 9.10. The van der Waals surface area contributed by atoms with Crippen LogP contribution in [0.2, 0.25) is 0 Å². The average molecular weight is 447 g/mol. The predicted molar refractivity (Wildman–Crippen MR) is 118 cm³/mol. The van der Waals surface area contributed by atoms with E-state index in [1.54, 1.807) is 12.4 Å².